The highest BCUT2D eigenvalue weighted by Gasteiger charge is 2.76. The van der Waals surface area contributed by atoms with Gasteiger partial charge in [-0.3, -0.25) is 14.4 Å². The topological polar surface area (TPSA) is 98.2 Å². The van der Waals surface area contributed by atoms with Crippen LogP contribution in [-0.2, 0) is 14.4 Å². The second-order valence-corrected chi connectivity index (χ2v) is 12.0. The minimum absolute atomic E-state index is 0.106. The van der Waals surface area contributed by atoms with Crippen LogP contribution in [0.15, 0.2) is 43.0 Å². The zero-order valence-corrected chi connectivity index (χ0v) is 21.6. The van der Waals surface area contributed by atoms with Crippen molar-refractivity contribution in [2.24, 2.45) is 11.8 Å². The Labute approximate surface area is 212 Å². The molecule has 1 aromatic rings. The van der Waals surface area contributed by atoms with Crippen LogP contribution in [0.4, 0.5) is 0 Å². The summed E-state index contributed by atoms with van der Waals surface area (Å²) in [5, 5.41) is 20.2. The molecule has 2 bridgehead atoms. The van der Waals surface area contributed by atoms with Gasteiger partial charge in [-0.2, -0.15) is 0 Å². The summed E-state index contributed by atoms with van der Waals surface area (Å²) < 4.78 is -0.857. The Morgan fingerprint density at radius 1 is 1.38 bits per heavy atom. The maximum Gasteiger partial charge on any atom is 0.308 e. The Balaban J connectivity index is 1.84. The second kappa shape index (κ2) is 10.0. The summed E-state index contributed by atoms with van der Waals surface area (Å²) >= 11 is 5.13. The molecule has 3 heterocycles. The Hall–Kier alpha value is -1.84. The Kier molecular flexibility index (Phi) is 7.45. The lowest BCUT2D eigenvalue weighted by atomic mass is 9.71. The number of benzene rings is 1. The van der Waals surface area contributed by atoms with Crippen molar-refractivity contribution in [1.82, 2.24) is 9.80 Å². The monoisotopic (exact) mass is 550 g/mol. The van der Waals surface area contributed by atoms with Crippen molar-refractivity contribution < 1.29 is 24.6 Å². The molecule has 0 aliphatic carbocycles. The van der Waals surface area contributed by atoms with Crippen molar-refractivity contribution in [2.75, 3.05) is 19.7 Å². The molecule has 0 saturated carbocycles. The number of thioether (sulfide) groups is 1. The first-order valence-electron chi connectivity index (χ1n) is 11.7. The number of rotatable bonds is 10. The molecule has 184 valence electrons. The fraction of sp³-hybridized carbons (Fsp3) is 0.560. The largest absolute Gasteiger partial charge is 0.481 e. The first-order chi connectivity index (χ1) is 16.3. The third-order valence-electron chi connectivity index (χ3n) is 7.38. The van der Waals surface area contributed by atoms with Crippen LogP contribution in [0.25, 0.3) is 0 Å². The van der Waals surface area contributed by atoms with E-state index in [1.165, 1.54) is 16.7 Å². The maximum absolute atomic E-state index is 14.2. The summed E-state index contributed by atoms with van der Waals surface area (Å²) in [7, 11) is 0. The van der Waals surface area contributed by atoms with E-state index >= 15 is 0 Å². The zero-order valence-electron chi connectivity index (χ0n) is 19.2. The van der Waals surface area contributed by atoms with Gasteiger partial charge in [0.1, 0.15) is 6.04 Å². The molecule has 3 unspecified atom stereocenters. The van der Waals surface area contributed by atoms with E-state index in [9.17, 15) is 24.6 Å². The molecule has 0 aromatic heterocycles. The van der Waals surface area contributed by atoms with Crippen molar-refractivity contribution in [3.05, 3.63) is 48.6 Å². The van der Waals surface area contributed by atoms with Gasteiger partial charge in [0.25, 0.3) is 0 Å². The smallest absolute Gasteiger partial charge is 0.308 e. The standard InChI is InChI=1S/C25H31BrN2O5S/c1-3-5-12-27(11-4-2)23(31)21-25-13-16(26)20(34-25)18(24(32)33)19(25)22(30)28(21)17(14-29)15-9-7-6-8-10-15/h4,6-10,16-21,29H,2-3,5,11-14H2,1H3,(H,32,33)/t16?,17-,18+,19+,20+,21?,25?/m1/s1. The SMILES string of the molecule is C=CCN(CCCC)C(=O)C1N([C@H](CO)c2ccccc2)C(=O)[C@@H]2[C@H](C(=O)O)[C@H]3SC12CC3Br. The number of unbranched alkanes of at least 4 members (excludes halogenated alkanes) is 1. The van der Waals surface area contributed by atoms with Gasteiger partial charge in [-0.05, 0) is 18.4 Å². The number of carbonyl (C=O) groups is 3. The van der Waals surface area contributed by atoms with Crippen LogP contribution >= 0.6 is 27.7 Å². The van der Waals surface area contributed by atoms with Gasteiger partial charge < -0.3 is 20.0 Å². The van der Waals surface area contributed by atoms with Gasteiger partial charge in [-0.25, -0.2) is 0 Å². The van der Waals surface area contributed by atoms with E-state index in [2.05, 4.69) is 29.4 Å². The maximum atomic E-state index is 14.2. The summed E-state index contributed by atoms with van der Waals surface area (Å²) in [5.74, 6) is -3.24. The van der Waals surface area contributed by atoms with Gasteiger partial charge in [-0.15, -0.1) is 18.3 Å². The summed E-state index contributed by atoms with van der Waals surface area (Å²) in [6.45, 7) is 6.38. The average molecular weight is 552 g/mol. The highest BCUT2D eigenvalue weighted by atomic mass is 79.9. The van der Waals surface area contributed by atoms with Gasteiger partial charge >= 0.3 is 5.97 Å². The summed E-state index contributed by atoms with van der Waals surface area (Å²) in [6.07, 6.45) is 3.93. The summed E-state index contributed by atoms with van der Waals surface area (Å²) in [5.41, 5.74) is 0.721. The fourth-order valence-corrected chi connectivity index (χ4v) is 9.55. The molecule has 0 radical (unpaired) electrons. The van der Waals surface area contributed by atoms with E-state index in [-0.39, 0.29) is 28.5 Å². The molecule has 1 spiro atoms. The fourth-order valence-electron chi connectivity index (χ4n) is 5.96. The Bertz CT molecular complexity index is 962. The molecule has 4 rings (SSSR count). The summed E-state index contributed by atoms with van der Waals surface area (Å²) in [4.78, 5) is 43.6. The molecule has 3 aliphatic heterocycles. The number of hydrogen-bond acceptors (Lipinski definition) is 5. The number of aliphatic carboxylic acids is 1. The predicted octanol–water partition coefficient (Wildman–Crippen LogP) is 3.08. The van der Waals surface area contributed by atoms with E-state index in [1.54, 1.807) is 11.0 Å². The Morgan fingerprint density at radius 2 is 2.09 bits per heavy atom. The molecular formula is C25H31BrN2O5S. The minimum atomic E-state index is -1.01. The van der Waals surface area contributed by atoms with Crippen LogP contribution in [0.3, 0.4) is 0 Å². The van der Waals surface area contributed by atoms with E-state index in [1.807, 2.05) is 30.3 Å². The third-order valence-corrected chi connectivity index (χ3v) is 10.6. The molecule has 7 nitrogen and oxygen atoms in total. The molecule has 2 amide bonds. The number of fused-ring (bicyclic) bond motifs is 1. The molecule has 2 N–H and O–H groups in total. The van der Waals surface area contributed by atoms with Gasteiger partial charge in [0, 0.05) is 23.2 Å². The number of aliphatic hydroxyl groups excluding tert-OH is 1. The summed E-state index contributed by atoms with van der Waals surface area (Å²) in [6, 6.07) is 7.56. The predicted molar refractivity (Wildman–Crippen MR) is 135 cm³/mol. The van der Waals surface area contributed by atoms with Crippen LogP contribution in [0.2, 0.25) is 0 Å². The Morgan fingerprint density at radius 3 is 2.68 bits per heavy atom. The van der Waals surface area contributed by atoms with E-state index in [0.29, 0.717) is 19.5 Å². The number of aliphatic hydroxyl groups is 1. The lowest BCUT2D eigenvalue weighted by Gasteiger charge is -2.40. The minimum Gasteiger partial charge on any atom is -0.481 e. The number of hydrogen-bond donors (Lipinski definition) is 2. The first-order valence-corrected chi connectivity index (χ1v) is 13.5. The zero-order chi connectivity index (χ0) is 24.6. The molecular weight excluding hydrogens is 520 g/mol. The van der Waals surface area contributed by atoms with Crippen molar-refractivity contribution in [3.8, 4) is 0 Å². The normalized spacial score (nSPS) is 32.5. The van der Waals surface area contributed by atoms with Crippen LogP contribution < -0.4 is 0 Å². The van der Waals surface area contributed by atoms with Gasteiger partial charge in [0.2, 0.25) is 11.8 Å². The van der Waals surface area contributed by atoms with Crippen LogP contribution in [0, 0.1) is 11.8 Å². The van der Waals surface area contributed by atoms with Crippen molar-refractivity contribution in [3.63, 3.8) is 0 Å². The molecule has 34 heavy (non-hydrogen) atoms. The number of amides is 2. The first kappa shape index (κ1) is 25.3. The highest BCUT2D eigenvalue weighted by Crippen LogP contribution is 2.68. The number of halogens is 1. The highest BCUT2D eigenvalue weighted by molar-refractivity contribution is 9.09. The number of nitrogens with zero attached hydrogens (tertiary/aromatic N) is 2. The van der Waals surface area contributed by atoms with E-state index in [4.69, 9.17) is 0 Å². The van der Waals surface area contributed by atoms with Crippen molar-refractivity contribution >= 4 is 45.5 Å². The number of likely N-dealkylation sites (tertiary alicyclic amines) is 1. The lowest BCUT2D eigenvalue weighted by molar-refractivity contribution is -0.149. The molecule has 1 aromatic carbocycles. The second-order valence-electron chi connectivity index (χ2n) is 9.28. The van der Waals surface area contributed by atoms with E-state index in [0.717, 1.165) is 18.4 Å². The molecule has 7 atom stereocenters. The molecule has 3 fully saturated rings. The van der Waals surface area contributed by atoms with Gasteiger partial charge in [0.15, 0.2) is 0 Å². The van der Waals surface area contributed by atoms with Crippen LogP contribution in [-0.4, -0.2) is 78.4 Å². The number of carboxylic acid groups (broad SMARTS) is 1. The van der Waals surface area contributed by atoms with Crippen LogP contribution in [0.5, 0.6) is 0 Å². The number of carboxylic acids is 1. The average Bonchev–Trinajstić information content (AvgIpc) is 3.41. The van der Waals surface area contributed by atoms with Gasteiger partial charge in [-0.1, -0.05) is 65.7 Å². The molecule has 3 saturated heterocycles. The van der Waals surface area contributed by atoms with Gasteiger partial charge in [0.05, 0.1) is 29.2 Å². The van der Waals surface area contributed by atoms with E-state index < -0.39 is 34.6 Å². The number of alkyl halides is 1. The molecule has 3 aliphatic rings. The lowest BCUT2D eigenvalue weighted by Crippen LogP contribution is -2.56. The third kappa shape index (κ3) is 3.89. The number of carbonyl (C=O) groups excluding carboxylic acids is 2. The van der Waals surface area contributed by atoms with Crippen molar-refractivity contribution in [1.29, 1.82) is 0 Å². The van der Waals surface area contributed by atoms with Crippen molar-refractivity contribution in [2.45, 2.75) is 53.1 Å². The van der Waals surface area contributed by atoms with Crippen LogP contribution in [0.1, 0.15) is 37.8 Å². The molecule has 9 heteroatoms. The quantitative estimate of drug-likeness (QED) is 0.343.